The SMILES string of the molecule is CN(C)CCc1nc(-c2cn(C)c3ccccc23)no1. The molecule has 0 spiro atoms. The van der Waals surface area contributed by atoms with Crippen molar-refractivity contribution in [1.82, 2.24) is 19.6 Å². The van der Waals surface area contributed by atoms with Crippen molar-refractivity contribution in [3.8, 4) is 11.4 Å². The molecule has 0 bridgehead atoms. The van der Waals surface area contributed by atoms with Gasteiger partial charge in [-0.2, -0.15) is 4.98 Å². The summed E-state index contributed by atoms with van der Waals surface area (Å²) < 4.78 is 7.41. The maximum Gasteiger partial charge on any atom is 0.228 e. The molecule has 5 nitrogen and oxygen atoms in total. The number of hydrogen-bond donors (Lipinski definition) is 0. The summed E-state index contributed by atoms with van der Waals surface area (Å²) in [4.78, 5) is 6.60. The third-order valence-electron chi connectivity index (χ3n) is 3.38. The Morgan fingerprint density at radius 1 is 1.25 bits per heavy atom. The fraction of sp³-hybridized carbons (Fsp3) is 0.333. The minimum absolute atomic E-state index is 0.663. The number of benzene rings is 1. The standard InChI is InChI=1S/C15H18N4O/c1-18(2)9-8-14-16-15(17-20-14)12-10-19(3)13-7-5-4-6-11(12)13/h4-7,10H,8-9H2,1-3H3. The van der Waals surface area contributed by atoms with Gasteiger partial charge in [-0.3, -0.25) is 0 Å². The van der Waals surface area contributed by atoms with E-state index in [4.69, 9.17) is 4.52 Å². The Kier molecular flexibility index (Phi) is 3.28. The third-order valence-corrected chi connectivity index (χ3v) is 3.38. The zero-order chi connectivity index (χ0) is 14.1. The Balaban J connectivity index is 1.95. The van der Waals surface area contributed by atoms with Crippen LogP contribution in [0.4, 0.5) is 0 Å². The second kappa shape index (κ2) is 5.09. The van der Waals surface area contributed by atoms with Crippen LogP contribution in [-0.4, -0.2) is 40.2 Å². The summed E-state index contributed by atoms with van der Waals surface area (Å²) >= 11 is 0. The molecule has 0 aliphatic heterocycles. The van der Waals surface area contributed by atoms with Crippen molar-refractivity contribution in [2.75, 3.05) is 20.6 Å². The minimum Gasteiger partial charge on any atom is -0.350 e. The lowest BCUT2D eigenvalue weighted by atomic mass is 10.2. The second-order valence-corrected chi connectivity index (χ2v) is 5.24. The van der Waals surface area contributed by atoms with Crippen LogP contribution in [0.2, 0.25) is 0 Å². The van der Waals surface area contributed by atoms with E-state index in [0.29, 0.717) is 11.7 Å². The van der Waals surface area contributed by atoms with Crippen molar-refractivity contribution in [2.45, 2.75) is 6.42 Å². The molecule has 104 valence electrons. The van der Waals surface area contributed by atoms with E-state index in [1.54, 1.807) is 0 Å². The highest BCUT2D eigenvalue weighted by atomic mass is 16.5. The molecule has 0 amide bonds. The van der Waals surface area contributed by atoms with Gasteiger partial charge in [0.1, 0.15) is 0 Å². The first kappa shape index (κ1) is 12.9. The topological polar surface area (TPSA) is 47.1 Å². The molecule has 0 unspecified atom stereocenters. The summed E-state index contributed by atoms with van der Waals surface area (Å²) in [6, 6.07) is 8.23. The highest BCUT2D eigenvalue weighted by molar-refractivity contribution is 5.94. The molecule has 0 aliphatic rings. The molecule has 0 fully saturated rings. The van der Waals surface area contributed by atoms with Gasteiger partial charge < -0.3 is 14.0 Å². The summed E-state index contributed by atoms with van der Waals surface area (Å²) in [5.41, 5.74) is 2.19. The van der Waals surface area contributed by atoms with Gasteiger partial charge in [-0.1, -0.05) is 23.4 Å². The Labute approximate surface area is 117 Å². The fourth-order valence-corrected chi connectivity index (χ4v) is 2.30. The molecule has 2 heterocycles. The van der Waals surface area contributed by atoms with E-state index in [2.05, 4.69) is 31.7 Å². The molecule has 0 radical (unpaired) electrons. The smallest absolute Gasteiger partial charge is 0.228 e. The molecule has 20 heavy (non-hydrogen) atoms. The molecule has 0 N–H and O–H groups in total. The Hall–Kier alpha value is -2.14. The summed E-state index contributed by atoms with van der Waals surface area (Å²) in [7, 11) is 6.09. The van der Waals surface area contributed by atoms with E-state index < -0.39 is 0 Å². The average molecular weight is 270 g/mol. The van der Waals surface area contributed by atoms with Crippen LogP contribution in [0.1, 0.15) is 5.89 Å². The van der Waals surface area contributed by atoms with Crippen LogP contribution >= 0.6 is 0 Å². The molecular formula is C15H18N4O. The van der Waals surface area contributed by atoms with Gasteiger partial charge in [-0.25, -0.2) is 0 Å². The lowest BCUT2D eigenvalue weighted by Crippen LogP contribution is -2.15. The largest absolute Gasteiger partial charge is 0.350 e. The van der Waals surface area contributed by atoms with Crippen molar-refractivity contribution >= 4 is 10.9 Å². The first-order chi connectivity index (χ1) is 9.65. The predicted molar refractivity (Wildman–Crippen MR) is 78.5 cm³/mol. The summed E-state index contributed by atoms with van der Waals surface area (Å²) in [6.07, 6.45) is 2.82. The number of rotatable bonds is 4. The van der Waals surface area contributed by atoms with Crippen LogP contribution in [-0.2, 0) is 13.5 Å². The molecule has 2 aromatic heterocycles. The summed E-state index contributed by atoms with van der Waals surface area (Å²) in [5.74, 6) is 1.34. The molecule has 1 aromatic carbocycles. The van der Waals surface area contributed by atoms with Crippen molar-refractivity contribution in [1.29, 1.82) is 0 Å². The van der Waals surface area contributed by atoms with E-state index in [1.807, 2.05) is 39.5 Å². The van der Waals surface area contributed by atoms with Crippen LogP contribution in [0.15, 0.2) is 35.0 Å². The zero-order valence-electron chi connectivity index (χ0n) is 12.0. The number of likely N-dealkylation sites (N-methyl/N-ethyl adjacent to an activating group) is 1. The number of hydrogen-bond acceptors (Lipinski definition) is 4. The van der Waals surface area contributed by atoms with Gasteiger partial charge in [0.25, 0.3) is 0 Å². The van der Waals surface area contributed by atoms with Gasteiger partial charge in [0.05, 0.1) is 0 Å². The van der Waals surface area contributed by atoms with Crippen LogP contribution in [0.25, 0.3) is 22.3 Å². The van der Waals surface area contributed by atoms with E-state index in [9.17, 15) is 0 Å². The Bertz CT molecular complexity index is 726. The zero-order valence-corrected chi connectivity index (χ0v) is 12.0. The second-order valence-electron chi connectivity index (χ2n) is 5.24. The molecule has 0 saturated heterocycles. The minimum atomic E-state index is 0.663. The monoisotopic (exact) mass is 270 g/mol. The highest BCUT2D eigenvalue weighted by Crippen LogP contribution is 2.27. The fourth-order valence-electron chi connectivity index (χ4n) is 2.30. The van der Waals surface area contributed by atoms with Crippen molar-refractivity contribution in [3.05, 3.63) is 36.4 Å². The number of aryl methyl sites for hydroxylation is 1. The van der Waals surface area contributed by atoms with Gasteiger partial charge >= 0.3 is 0 Å². The number of nitrogens with zero attached hydrogens (tertiary/aromatic N) is 4. The lowest BCUT2D eigenvalue weighted by Gasteiger charge is -2.05. The molecule has 5 heteroatoms. The van der Waals surface area contributed by atoms with Crippen molar-refractivity contribution < 1.29 is 4.52 Å². The van der Waals surface area contributed by atoms with Gasteiger partial charge in [0, 0.05) is 42.7 Å². The van der Waals surface area contributed by atoms with Crippen LogP contribution in [0.3, 0.4) is 0 Å². The number of aromatic nitrogens is 3. The normalized spacial score (nSPS) is 11.6. The maximum absolute atomic E-state index is 5.33. The lowest BCUT2D eigenvalue weighted by molar-refractivity contribution is 0.344. The van der Waals surface area contributed by atoms with Gasteiger partial charge in [0.15, 0.2) is 0 Å². The summed E-state index contributed by atoms with van der Waals surface area (Å²) in [6.45, 7) is 0.900. The van der Waals surface area contributed by atoms with Gasteiger partial charge in [-0.05, 0) is 20.2 Å². The molecule has 3 aromatic rings. The van der Waals surface area contributed by atoms with Gasteiger partial charge in [-0.15, -0.1) is 0 Å². The number of para-hydroxylation sites is 1. The van der Waals surface area contributed by atoms with Crippen LogP contribution < -0.4 is 0 Å². The predicted octanol–water partition coefficient (Wildman–Crippen LogP) is 2.33. The average Bonchev–Trinajstić information content (AvgIpc) is 3.02. The van der Waals surface area contributed by atoms with Crippen molar-refractivity contribution in [2.24, 2.45) is 7.05 Å². The highest BCUT2D eigenvalue weighted by Gasteiger charge is 2.14. The molecule has 0 aliphatic carbocycles. The van der Waals surface area contributed by atoms with Crippen LogP contribution in [0, 0.1) is 0 Å². The third kappa shape index (κ3) is 2.32. The molecule has 0 atom stereocenters. The van der Waals surface area contributed by atoms with Crippen LogP contribution in [0.5, 0.6) is 0 Å². The first-order valence-electron chi connectivity index (χ1n) is 6.67. The molecule has 3 rings (SSSR count). The van der Waals surface area contributed by atoms with E-state index in [-0.39, 0.29) is 0 Å². The molecule has 0 saturated carbocycles. The van der Waals surface area contributed by atoms with E-state index >= 15 is 0 Å². The Morgan fingerprint density at radius 2 is 2.05 bits per heavy atom. The van der Waals surface area contributed by atoms with E-state index in [1.165, 1.54) is 5.52 Å². The van der Waals surface area contributed by atoms with E-state index in [0.717, 1.165) is 23.9 Å². The Morgan fingerprint density at radius 3 is 2.85 bits per heavy atom. The summed E-state index contributed by atoms with van der Waals surface area (Å²) in [5, 5.41) is 5.26. The quantitative estimate of drug-likeness (QED) is 0.730. The van der Waals surface area contributed by atoms with Gasteiger partial charge in [0.2, 0.25) is 11.7 Å². The number of fused-ring (bicyclic) bond motifs is 1. The molecular weight excluding hydrogens is 252 g/mol. The first-order valence-corrected chi connectivity index (χ1v) is 6.67. The van der Waals surface area contributed by atoms with Crippen molar-refractivity contribution in [3.63, 3.8) is 0 Å². The maximum atomic E-state index is 5.33.